The first kappa shape index (κ1) is 32.0. The zero-order valence-corrected chi connectivity index (χ0v) is 25.9. The number of nitrogens with zero attached hydrogens (tertiary/aromatic N) is 2. The van der Waals surface area contributed by atoms with Gasteiger partial charge in [0.25, 0.3) is 10.0 Å². The number of amides is 2. The maximum atomic E-state index is 14.1. The molecule has 0 radical (unpaired) electrons. The van der Waals surface area contributed by atoms with Crippen LogP contribution in [0.4, 0.5) is 5.69 Å². The number of hydrogen-bond donors (Lipinski definition) is 1. The van der Waals surface area contributed by atoms with Crippen LogP contribution in [0.3, 0.4) is 0 Å². The smallest absolute Gasteiger partial charge is 0.264 e. The first-order valence-electron chi connectivity index (χ1n) is 13.6. The van der Waals surface area contributed by atoms with Gasteiger partial charge in [0.1, 0.15) is 18.3 Å². The highest BCUT2D eigenvalue weighted by Crippen LogP contribution is 2.33. The molecule has 0 aromatic heterocycles. The van der Waals surface area contributed by atoms with Gasteiger partial charge in [-0.3, -0.25) is 13.9 Å². The molecular formula is C31H39N3O5S2. The number of thioether (sulfide) groups is 1. The summed E-state index contributed by atoms with van der Waals surface area (Å²) in [7, 11) is -4.19. The van der Waals surface area contributed by atoms with Crippen LogP contribution in [0.5, 0.6) is 5.75 Å². The molecule has 0 spiro atoms. The molecule has 0 aliphatic rings. The van der Waals surface area contributed by atoms with Crippen LogP contribution < -0.4 is 14.4 Å². The molecule has 8 nitrogen and oxygen atoms in total. The molecule has 0 bridgehead atoms. The number of benzene rings is 3. The number of carbonyl (C=O) groups is 2. The number of hydrogen-bond acceptors (Lipinski definition) is 6. The summed E-state index contributed by atoms with van der Waals surface area (Å²) < 4.78 is 35.1. The summed E-state index contributed by atoms with van der Waals surface area (Å²) in [5, 5.41) is 2.94. The highest BCUT2D eigenvalue weighted by atomic mass is 32.2. The molecule has 2 amide bonds. The average Bonchev–Trinajstić information content (AvgIpc) is 2.99. The topological polar surface area (TPSA) is 96.0 Å². The van der Waals surface area contributed by atoms with Gasteiger partial charge in [0.15, 0.2) is 0 Å². The Morgan fingerprint density at radius 1 is 0.927 bits per heavy atom. The first-order chi connectivity index (χ1) is 19.6. The Morgan fingerprint density at radius 2 is 1.56 bits per heavy atom. The van der Waals surface area contributed by atoms with Crippen molar-refractivity contribution in [3.8, 4) is 5.75 Å². The van der Waals surface area contributed by atoms with Crippen molar-refractivity contribution in [1.82, 2.24) is 10.2 Å². The van der Waals surface area contributed by atoms with Crippen molar-refractivity contribution in [2.45, 2.75) is 62.5 Å². The van der Waals surface area contributed by atoms with Gasteiger partial charge in [-0.15, -0.1) is 11.8 Å². The number of rotatable bonds is 14. The fraction of sp³-hybridized carbons (Fsp3) is 0.355. The normalized spacial score (nSPS) is 12.7. The van der Waals surface area contributed by atoms with E-state index < -0.39 is 28.5 Å². The van der Waals surface area contributed by atoms with E-state index in [4.69, 9.17) is 4.74 Å². The van der Waals surface area contributed by atoms with Crippen LogP contribution in [0, 0.1) is 0 Å². The average molecular weight is 598 g/mol. The minimum Gasteiger partial charge on any atom is -0.492 e. The lowest BCUT2D eigenvalue weighted by atomic mass is 10.1. The van der Waals surface area contributed by atoms with E-state index in [2.05, 4.69) is 5.32 Å². The Balaban J connectivity index is 2.07. The number of para-hydroxylation sites is 2. The largest absolute Gasteiger partial charge is 0.492 e. The number of sulfonamides is 1. The third kappa shape index (κ3) is 8.27. The Bertz CT molecular complexity index is 1400. The van der Waals surface area contributed by atoms with E-state index in [-0.39, 0.29) is 29.1 Å². The van der Waals surface area contributed by atoms with E-state index in [0.29, 0.717) is 12.4 Å². The Kier molecular flexibility index (Phi) is 11.7. The molecule has 0 saturated carbocycles. The molecule has 3 aromatic rings. The van der Waals surface area contributed by atoms with Gasteiger partial charge in [0.2, 0.25) is 11.8 Å². The molecule has 0 aliphatic heterocycles. The SMILES string of the molecule is CCOc1ccccc1N(CC(=O)N(Cc1ccccc1)C(C)C(=O)NC(C)CC)S(=O)(=O)c1ccc(SC)cc1. The van der Waals surface area contributed by atoms with Crippen LogP contribution in [-0.2, 0) is 26.2 Å². The van der Waals surface area contributed by atoms with Crippen molar-refractivity contribution < 1.29 is 22.7 Å². The van der Waals surface area contributed by atoms with E-state index in [1.165, 1.54) is 28.8 Å². The molecule has 2 unspecified atom stereocenters. The number of anilines is 1. The first-order valence-corrected chi connectivity index (χ1v) is 16.3. The number of carbonyl (C=O) groups excluding carboxylic acids is 2. The van der Waals surface area contributed by atoms with Gasteiger partial charge >= 0.3 is 0 Å². The van der Waals surface area contributed by atoms with Gasteiger partial charge in [0.05, 0.1) is 17.2 Å². The summed E-state index contributed by atoms with van der Waals surface area (Å²) in [5.74, 6) is -0.485. The van der Waals surface area contributed by atoms with E-state index in [1.54, 1.807) is 50.2 Å². The van der Waals surface area contributed by atoms with Crippen LogP contribution in [0.2, 0.25) is 0 Å². The second kappa shape index (κ2) is 14.9. The number of nitrogens with one attached hydrogen (secondary N) is 1. The third-order valence-corrected chi connectivity index (χ3v) is 9.24. The van der Waals surface area contributed by atoms with Crippen LogP contribution in [-0.4, -0.2) is 56.6 Å². The van der Waals surface area contributed by atoms with Gasteiger partial charge in [-0.25, -0.2) is 8.42 Å². The van der Waals surface area contributed by atoms with E-state index in [1.807, 2.05) is 50.4 Å². The molecule has 0 aliphatic carbocycles. The lowest BCUT2D eigenvalue weighted by Crippen LogP contribution is -2.52. The standard InChI is InChI=1S/C31H39N3O5S2/c1-6-23(3)32-31(36)24(4)33(21-25-13-9-8-10-14-25)30(35)22-34(28-15-11-12-16-29(28)39-7-2)41(37,38)27-19-17-26(40-5)18-20-27/h8-20,23-24H,6-7,21-22H2,1-5H3,(H,32,36). The molecule has 3 aromatic carbocycles. The van der Waals surface area contributed by atoms with Gasteiger partial charge in [-0.2, -0.15) is 0 Å². The quantitative estimate of drug-likeness (QED) is 0.252. The highest BCUT2D eigenvalue weighted by molar-refractivity contribution is 7.98. The van der Waals surface area contributed by atoms with Crippen molar-refractivity contribution in [2.75, 3.05) is 23.7 Å². The number of ether oxygens (including phenoxy) is 1. The van der Waals surface area contributed by atoms with E-state index >= 15 is 0 Å². The molecule has 0 fully saturated rings. The summed E-state index contributed by atoms with van der Waals surface area (Å²) in [4.78, 5) is 29.6. The van der Waals surface area contributed by atoms with Gasteiger partial charge < -0.3 is 15.0 Å². The van der Waals surface area contributed by atoms with E-state index in [9.17, 15) is 18.0 Å². The predicted octanol–water partition coefficient (Wildman–Crippen LogP) is 5.33. The fourth-order valence-corrected chi connectivity index (χ4v) is 5.99. The zero-order valence-electron chi connectivity index (χ0n) is 24.2. The van der Waals surface area contributed by atoms with Crippen molar-refractivity contribution in [3.63, 3.8) is 0 Å². The maximum absolute atomic E-state index is 14.1. The zero-order chi connectivity index (χ0) is 30.0. The molecule has 220 valence electrons. The van der Waals surface area contributed by atoms with E-state index in [0.717, 1.165) is 21.2 Å². The molecular weight excluding hydrogens is 558 g/mol. The van der Waals surface area contributed by atoms with Crippen molar-refractivity contribution in [2.24, 2.45) is 0 Å². The van der Waals surface area contributed by atoms with Crippen LogP contribution >= 0.6 is 11.8 Å². The lowest BCUT2D eigenvalue weighted by Gasteiger charge is -2.33. The summed E-state index contributed by atoms with van der Waals surface area (Å²) in [6.07, 6.45) is 2.65. The summed E-state index contributed by atoms with van der Waals surface area (Å²) >= 11 is 1.50. The summed E-state index contributed by atoms with van der Waals surface area (Å²) in [5.41, 5.74) is 1.06. The molecule has 10 heteroatoms. The Morgan fingerprint density at radius 3 is 2.17 bits per heavy atom. The summed E-state index contributed by atoms with van der Waals surface area (Å²) in [6.45, 7) is 7.26. The minimum absolute atomic E-state index is 0.0478. The molecule has 1 N–H and O–H groups in total. The van der Waals surface area contributed by atoms with Crippen molar-refractivity contribution in [1.29, 1.82) is 0 Å². The lowest BCUT2D eigenvalue weighted by molar-refractivity contribution is -0.139. The van der Waals surface area contributed by atoms with Crippen LogP contribution in [0.25, 0.3) is 0 Å². The molecule has 0 heterocycles. The predicted molar refractivity (Wildman–Crippen MR) is 165 cm³/mol. The van der Waals surface area contributed by atoms with Crippen molar-refractivity contribution >= 4 is 39.3 Å². The van der Waals surface area contributed by atoms with Crippen LogP contribution in [0.15, 0.2) is 88.7 Å². The Labute approximate surface area is 248 Å². The minimum atomic E-state index is -4.19. The second-order valence-corrected chi connectivity index (χ2v) is 12.3. The third-order valence-electron chi connectivity index (χ3n) is 6.72. The van der Waals surface area contributed by atoms with Gasteiger partial charge in [0, 0.05) is 17.5 Å². The van der Waals surface area contributed by atoms with Gasteiger partial charge in [-0.05, 0) is 75.4 Å². The van der Waals surface area contributed by atoms with Gasteiger partial charge in [-0.1, -0.05) is 49.4 Å². The fourth-order valence-electron chi connectivity index (χ4n) is 4.16. The van der Waals surface area contributed by atoms with Crippen molar-refractivity contribution in [3.05, 3.63) is 84.4 Å². The Hall–Kier alpha value is -3.50. The molecule has 2 atom stereocenters. The second-order valence-electron chi connectivity index (χ2n) is 9.59. The monoisotopic (exact) mass is 597 g/mol. The molecule has 41 heavy (non-hydrogen) atoms. The highest BCUT2D eigenvalue weighted by Gasteiger charge is 2.34. The summed E-state index contributed by atoms with van der Waals surface area (Å²) in [6, 6.07) is 21.7. The molecule has 3 rings (SSSR count). The molecule has 0 saturated heterocycles. The maximum Gasteiger partial charge on any atom is 0.264 e. The van der Waals surface area contributed by atoms with Crippen LogP contribution in [0.1, 0.15) is 39.7 Å².